The summed E-state index contributed by atoms with van der Waals surface area (Å²) in [4.78, 5) is 4.35. The number of hydrogen-bond acceptors (Lipinski definition) is 3. The minimum atomic E-state index is -0.258. The monoisotopic (exact) mass is 376 g/mol. The van der Waals surface area contributed by atoms with Crippen molar-refractivity contribution in [3.63, 3.8) is 0 Å². The molecule has 1 aliphatic heterocycles. The van der Waals surface area contributed by atoms with Gasteiger partial charge in [-0.15, -0.1) is 0 Å². The molecule has 4 nitrogen and oxygen atoms in total. The molecule has 0 spiro atoms. The van der Waals surface area contributed by atoms with Gasteiger partial charge in [-0.25, -0.2) is 13.5 Å². The summed E-state index contributed by atoms with van der Waals surface area (Å²) in [6, 6.07) is 12.9. The van der Waals surface area contributed by atoms with Crippen LogP contribution in [0.15, 0.2) is 71.7 Å². The van der Waals surface area contributed by atoms with Crippen LogP contribution >= 0.6 is 0 Å². The van der Waals surface area contributed by atoms with Gasteiger partial charge in [-0.3, -0.25) is 0 Å². The van der Waals surface area contributed by atoms with Gasteiger partial charge in [-0.05, 0) is 71.9 Å². The van der Waals surface area contributed by atoms with Crippen molar-refractivity contribution >= 4 is 12.0 Å². The minimum absolute atomic E-state index is 0.119. The van der Waals surface area contributed by atoms with E-state index in [2.05, 4.69) is 21.5 Å². The molecule has 2 aliphatic rings. The molecule has 1 aliphatic carbocycles. The molecule has 5 rings (SSSR count). The third-order valence-electron chi connectivity index (χ3n) is 5.32. The number of benzene rings is 2. The molecule has 140 valence electrons. The highest BCUT2D eigenvalue weighted by Crippen LogP contribution is 2.43. The first-order chi connectivity index (χ1) is 13.7. The molecule has 0 saturated carbocycles. The standard InChI is InChI=1S/C22H18F2N4/c23-17-8-4-14(5-9-17)12-16-2-1-3-19-20(16)27-22-25-13-26-28(22)21(19)15-6-10-18(24)11-7-15/h4-13,21H,1-3H2,(H,25,26,27)/b16-12+/t21-/m0/s1. The molecule has 28 heavy (non-hydrogen) atoms. The van der Waals surface area contributed by atoms with E-state index in [0.717, 1.165) is 41.7 Å². The van der Waals surface area contributed by atoms with Crippen LogP contribution in [0.25, 0.3) is 6.08 Å². The van der Waals surface area contributed by atoms with Crippen molar-refractivity contribution in [3.8, 4) is 0 Å². The molecule has 1 aromatic heterocycles. The zero-order chi connectivity index (χ0) is 19.1. The van der Waals surface area contributed by atoms with Gasteiger partial charge in [-0.1, -0.05) is 24.3 Å². The van der Waals surface area contributed by atoms with Crippen molar-refractivity contribution < 1.29 is 8.78 Å². The van der Waals surface area contributed by atoms with E-state index >= 15 is 0 Å². The van der Waals surface area contributed by atoms with Crippen LogP contribution in [0.4, 0.5) is 14.7 Å². The molecule has 0 bridgehead atoms. The van der Waals surface area contributed by atoms with Gasteiger partial charge in [0.05, 0.1) is 0 Å². The maximum atomic E-state index is 13.5. The van der Waals surface area contributed by atoms with Crippen LogP contribution in [-0.2, 0) is 0 Å². The van der Waals surface area contributed by atoms with Crippen LogP contribution in [0.1, 0.15) is 36.4 Å². The summed E-state index contributed by atoms with van der Waals surface area (Å²) in [6.45, 7) is 0. The lowest BCUT2D eigenvalue weighted by molar-refractivity contribution is 0.536. The number of allylic oxidation sites excluding steroid dienone is 2. The number of fused-ring (bicyclic) bond motifs is 1. The number of anilines is 1. The summed E-state index contributed by atoms with van der Waals surface area (Å²) < 4.78 is 28.6. The van der Waals surface area contributed by atoms with Gasteiger partial charge in [-0.2, -0.15) is 10.1 Å². The van der Waals surface area contributed by atoms with E-state index in [-0.39, 0.29) is 17.7 Å². The average molecular weight is 376 g/mol. The van der Waals surface area contributed by atoms with Crippen LogP contribution in [0.3, 0.4) is 0 Å². The maximum Gasteiger partial charge on any atom is 0.226 e. The smallest absolute Gasteiger partial charge is 0.226 e. The molecule has 0 unspecified atom stereocenters. The first-order valence-electron chi connectivity index (χ1n) is 9.30. The SMILES string of the molecule is Fc1ccc(/C=C2\CCCC3=C2Nc2ncnn2[C@H]3c2ccc(F)cc2)cc1. The van der Waals surface area contributed by atoms with Crippen LogP contribution in [0, 0.1) is 11.6 Å². The zero-order valence-corrected chi connectivity index (χ0v) is 15.1. The van der Waals surface area contributed by atoms with Crippen molar-refractivity contribution in [1.82, 2.24) is 14.8 Å². The molecular formula is C22H18F2N4. The fourth-order valence-corrected chi connectivity index (χ4v) is 4.04. The van der Waals surface area contributed by atoms with Crippen molar-refractivity contribution in [2.24, 2.45) is 0 Å². The highest BCUT2D eigenvalue weighted by atomic mass is 19.1. The Morgan fingerprint density at radius 3 is 2.43 bits per heavy atom. The molecule has 0 saturated heterocycles. The van der Waals surface area contributed by atoms with E-state index in [9.17, 15) is 8.78 Å². The molecule has 6 heteroatoms. The predicted molar refractivity (Wildman–Crippen MR) is 103 cm³/mol. The van der Waals surface area contributed by atoms with Crippen molar-refractivity contribution in [2.75, 3.05) is 5.32 Å². The number of rotatable bonds is 2. The second kappa shape index (κ2) is 6.71. The van der Waals surface area contributed by atoms with Gasteiger partial charge in [0.1, 0.15) is 24.0 Å². The summed E-state index contributed by atoms with van der Waals surface area (Å²) in [5.74, 6) is 0.164. The first kappa shape index (κ1) is 16.9. The fourth-order valence-electron chi connectivity index (χ4n) is 4.04. The highest BCUT2D eigenvalue weighted by Gasteiger charge is 2.33. The van der Waals surface area contributed by atoms with Crippen molar-refractivity contribution in [2.45, 2.75) is 25.3 Å². The predicted octanol–water partition coefficient (Wildman–Crippen LogP) is 5.09. The molecule has 1 N–H and O–H groups in total. The van der Waals surface area contributed by atoms with E-state index in [4.69, 9.17) is 0 Å². The van der Waals surface area contributed by atoms with Gasteiger partial charge < -0.3 is 5.32 Å². The van der Waals surface area contributed by atoms with Crippen LogP contribution < -0.4 is 5.32 Å². The van der Waals surface area contributed by atoms with Gasteiger partial charge in [0, 0.05) is 5.70 Å². The molecule has 0 amide bonds. The topological polar surface area (TPSA) is 42.7 Å². The Morgan fingerprint density at radius 1 is 0.964 bits per heavy atom. The number of hydrogen-bond donors (Lipinski definition) is 1. The Bertz CT molecular complexity index is 1080. The average Bonchev–Trinajstić information content (AvgIpc) is 3.17. The number of halogens is 2. The number of nitrogens with one attached hydrogen (secondary N) is 1. The fraction of sp³-hybridized carbons (Fsp3) is 0.182. The van der Waals surface area contributed by atoms with Crippen LogP contribution in [0.2, 0.25) is 0 Å². The van der Waals surface area contributed by atoms with E-state index in [1.165, 1.54) is 36.2 Å². The summed E-state index contributed by atoms with van der Waals surface area (Å²) in [5.41, 5.74) is 5.35. The normalized spacial score (nSPS) is 19.9. The highest BCUT2D eigenvalue weighted by molar-refractivity contribution is 5.65. The number of nitrogens with zero attached hydrogens (tertiary/aromatic N) is 3. The third kappa shape index (κ3) is 2.91. The molecule has 3 aromatic rings. The second-order valence-corrected chi connectivity index (χ2v) is 7.08. The third-order valence-corrected chi connectivity index (χ3v) is 5.32. The molecule has 2 aromatic carbocycles. The molecular weight excluding hydrogens is 358 g/mol. The van der Waals surface area contributed by atoms with Gasteiger partial charge in [0.2, 0.25) is 5.95 Å². The van der Waals surface area contributed by atoms with E-state index in [1.807, 2.05) is 4.68 Å². The quantitative estimate of drug-likeness (QED) is 0.677. The van der Waals surface area contributed by atoms with Gasteiger partial charge >= 0.3 is 0 Å². The largest absolute Gasteiger partial charge is 0.324 e. The molecule has 2 heterocycles. The van der Waals surface area contributed by atoms with Crippen LogP contribution in [-0.4, -0.2) is 14.8 Å². The Morgan fingerprint density at radius 2 is 1.68 bits per heavy atom. The van der Waals surface area contributed by atoms with Gasteiger partial charge in [0.25, 0.3) is 0 Å². The van der Waals surface area contributed by atoms with E-state index < -0.39 is 0 Å². The number of aromatic nitrogens is 3. The summed E-state index contributed by atoms with van der Waals surface area (Å²) in [6.07, 6.45) is 6.47. The molecule has 0 fully saturated rings. The minimum Gasteiger partial charge on any atom is -0.324 e. The lowest BCUT2D eigenvalue weighted by Crippen LogP contribution is -2.28. The Hall–Kier alpha value is -3.28. The lowest BCUT2D eigenvalue weighted by atomic mass is 9.83. The first-order valence-corrected chi connectivity index (χ1v) is 9.30. The molecule has 0 radical (unpaired) electrons. The van der Waals surface area contributed by atoms with E-state index in [0.29, 0.717) is 5.95 Å². The molecule has 1 atom stereocenters. The summed E-state index contributed by atoms with van der Waals surface area (Å²) >= 11 is 0. The Labute approximate surface area is 161 Å². The maximum absolute atomic E-state index is 13.5. The van der Waals surface area contributed by atoms with Gasteiger partial charge in [0.15, 0.2) is 0 Å². The summed E-state index contributed by atoms with van der Waals surface area (Å²) in [7, 11) is 0. The van der Waals surface area contributed by atoms with Crippen molar-refractivity contribution in [3.05, 3.63) is 94.5 Å². The van der Waals surface area contributed by atoms with Crippen LogP contribution in [0.5, 0.6) is 0 Å². The van der Waals surface area contributed by atoms with E-state index in [1.54, 1.807) is 24.3 Å². The zero-order valence-electron chi connectivity index (χ0n) is 15.1. The Balaban J connectivity index is 1.63. The second-order valence-electron chi connectivity index (χ2n) is 7.08. The van der Waals surface area contributed by atoms with Crippen molar-refractivity contribution in [1.29, 1.82) is 0 Å². The Kier molecular flexibility index (Phi) is 4.04. The lowest BCUT2D eigenvalue weighted by Gasteiger charge is -2.34. The summed E-state index contributed by atoms with van der Waals surface area (Å²) in [5, 5.41) is 7.83.